The lowest BCUT2D eigenvalue weighted by molar-refractivity contribution is -0.141. The predicted octanol–water partition coefficient (Wildman–Crippen LogP) is 1.39. The Labute approximate surface area is 106 Å². The standard InChI is InChI=1S/C11H20N2O3S/c1-8(17-2)5-6-12-11(16)13-7-3-4-9(13)10(14)15/h8-9H,3-7H2,1-2H3,(H,12,16)(H,14,15)/t8?,9-/m1/s1. The molecule has 2 amide bonds. The maximum Gasteiger partial charge on any atom is 0.326 e. The molecule has 0 aromatic carbocycles. The van der Waals surface area contributed by atoms with Crippen molar-refractivity contribution < 1.29 is 14.7 Å². The van der Waals surface area contributed by atoms with Gasteiger partial charge >= 0.3 is 12.0 Å². The molecule has 1 aliphatic rings. The fraction of sp³-hybridized carbons (Fsp3) is 0.818. The van der Waals surface area contributed by atoms with Crippen LogP contribution in [0.15, 0.2) is 0 Å². The molecule has 1 unspecified atom stereocenters. The zero-order valence-corrected chi connectivity index (χ0v) is 11.1. The minimum atomic E-state index is -0.907. The number of hydrogen-bond acceptors (Lipinski definition) is 3. The first-order chi connectivity index (χ1) is 8.06. The van der Waals surface area contributed by atoms with Crippen LogP contribution in [0.25, 0.3) is 0 Å². The third-order valence-corrected chi connectivity index (χ3v) is 4.07. The minimum Gasteiger partial charge on any atom is -0.480 e. The van der Waals surface area contributed by atoms with E-state index in [1.54, 1.807) is 11.8 Å². The SMILES string of the molecule is CSC(C)CCNC(=O)N1CCC[C@@H]1C(=O)O. The number of thioether (sulfide) groups is 1. The van der Waals surface area contributed by atoms with Gasteiger partial charge in [-0.15, -0.1) is 0 Å². The highest BCUT2D eigenvalue weighted by Crippen LogP contribution is 2.17. The van der Waals surface area contributed by atoms with Crippen LogP contribution in [-0.2, 0) is 4.79 Å². The molecule has 5 nitrogen and oxygen atoms in total. The van der Waals surface area contributed by atoms with Crippen molar-refractivity contribution in [2.75, 3.05) is 19.3 Å². The molecule has 0 aliphatic carbocycles. The molecule has 17 heavy (non-hydrogen) atoms. The highest BCUT2D eigenvalue weighted by Gasteiger charge is 2.33. The summed E-state index contributed by atoms with van der Waals surface area (Å²) in [4.78, 5) is 24.1. The van der Waals surface area contributed by atoms with Gasteiger partial charge in [-0.3, -0.25) is 0 Å². The molecule has 1 heterocycles. The molecular weight excluding hydrogens is 240 g/mol. The molecule has 0 radical (unpaired) electrons. The Hall–Kier alpha value is -0.910. The molecule has 0 aromatic rings. The van der Waals surface area contributed by atoms with Gasteiger partial charge in [0.15, 0.2) is 0 Å². The third kappa shape index (κ3) is 4.11. The summed E-state index contributed by atoms with van der Waals surface area (Å²) in [6, 6.07) is -0.892. The zero-order valence-electron chi connectivity index (χ0n) is 10.3. The second-order valence-corrected chi connectivity index (χ2v) is 5.53. The molecule has 0 saturated carbocycles. The van der Waals surface area contributed by atoms with Crippen molar-refractivity contribution in [2.24, 2.45) is 0 Å². The number of nitrogens with one attached hydrogen (secondary N) is 1. The summed E-state index contributed by atoms with van der Waals surface area (Å²) in [6.07, 6.45) is 4.27. The molecule has 1 saturated heterocycles. The van der Waals surface area contributed by atoms with Gasteiger partial charge in [0.05, 0.1) is 0 Å². The highest BCUT2D eigenvalue weighted by molar-refractivity contribution is 7.99. The van der Waals surface area contributed by atoms with Crippen molar-refractivity contribution in [1.29, 1.82) is 0 Å². The van der Waals surface area contributed by atoms with Crippen molar-refractivity contribution in [3.63, 3.8) is 0 Å². The van der Waals surface area contributed by atoms with Gasteiger partial charge in [0.1, 0.15) is 6.04 Å². The van der Waals surface area contributed by atoms with E-state index in [1.165, 1.54) is 4.90 Å². The normalized spacial score (nSPS) is 21.3. The van der Waals surface area contributed by atoms with Gasteiger partial charge in [0, 0.05) is 18.3 Å². The Balaban J connectivity index is 2.34. The number of carbonyl (C=O) groups is 2. The van der Waals surface area contributed by atoms with Crippen LogP contribution in [0.2, 0.25) is 0 Å². The molecule has 2 N–H and O–H groups in total. The number of nitrogens with zero attached hydrogens (tertiary/aromatic N) is 1. The van der Waals surface area contributed by atoms with Gasteiger partial charge in [-0.05, 0) is 25.5 Å². The number of likely N-dealkylation sites (tertiary alicyclic amines) is 1. The number of carboxylic acids is 1. The first kappa shape index (κ1) is 14.2. The van der Waals surface area contributed by atoms with Crippen LogP contribution in [-0.4, -0.2) is 52.6 Å². The largest absolute Gasteiger partial charge is 0.480 e. The highest BCUT2D eigenvalue weighted by atomic mass is 32.2. The smallest absolute Gasteiger partial charge is 0.326 e. The van der Waals surface area contributed by atoms with Crippen LogP contribution < -0.4 is 5.32 Å². The second-order valence-electron chi connectivity index (χ2n) is 4.26. The van der Waals surface area contributed by atoms with E-state index in [1.807, 2.05) is 6.26 Å². The van der Waals surface area contributed by atoms with E-state index in [0.717, 1.165) is 12.8 Å². The van der Waals surface area contributed by atoms with Crippen LogP contribution in [0, 0.1) is 0 Å². The van der Waals surface area contributed by atoms with Crippen molar-refractivity contribution in [3.05, 3.63) is 0 Å². The topological polar surface area (TPSA) is 69.6 Å². The lowest BCUT2D eigenvalue weighted by atomic mass is 10.2. The van der Waals surface area contributed by atoms with Crippen LogP contribution in [0.1, 0.15) is 26.2 Å². The van der Waals surface area contributed by atoms with Crippen molar-refractivity contribution in [1.82, 2.24) is 10.2 Å². The van der Waals surface area contributed by atoms with Crippen molar-refractivity contribution in [2.45, 2.75) is 37.5 Å². The van der Waals surface area contributed by atoms with E-state index in [-0.39, 0.29) is 6.03 Å². The molecule has 2 atom stereocenters. The van der Waals surface area contributed by atoms with Crippen LogP contribution in [0.3, 0.4) is 0 Å². The maximum atomic E-state index is 11.8. The van der Waals surface area contributed by atoms with E-state index >= 15 is 0 Å². The monoisotopic (exact) mass is 260 g/mol. The Kier molecular flexibility index (Phi) is 5.61. The van der Waals surface area contributed by atoms with Crippen LogP contribution in [0.4, 0.5) is 4.79 Å². The molecule has 0 spiro atoms. The zero-order chi connectivity index (χ0) is 12.8. The number of rotatable bonds is 5. The molecule has 6 heteroatoms. The Morgan fingerprint density at radius 3 is 2.88 bits per heavy atom. The molecule has 1 aliphatic heterocycles. The van der Waals surface area contributed by atoms with E-state index in [9.17, 15) is 9.59 Å². The average Bonchev–Trinajstić information content (AvgIpc) is 2.77. The van der Waals surface area contributed by atoms with Crippen molar-refractivity contribution >= 4 is 23.8 Å². The van der Waals surface area contributed by atoms with Gasteiger partial charge in [0.2, 0.25) is 0 Å². The summed E-state index contributed by atoms with van der Waals surface area (Å²) in [5, 5.41) is 12.2. The Morgan fingerprint density at radius 2 is 2.29 bits per heavy atom. The van der Waals surface area contributed by atoms with Gasteiger partial charge in [-0.25, -0.2) is 9.59 Å². The number of amides is 2. The Bertz CT molecular complexity index is 286. The number of carbonyl (C=O) groups excluding carboxylic acids is 1. The maximum absolute atomic E-state index is 11.8. The van der Waals surface area contributed by atoms with Crippen molar-refractivity contribution in [3.8, 4) is 0 Å². The van der Waals surface area contributed by atoms with Crippen LogP contribution in [0.5, 0.6) is 0 Å². The quantitative estimate of drug-likeness (QED) is 0.783. The lowest BCUT2D eigenvalue weighted by Gasteiger charge is -2.22. The van der Waals surface area contributed by atoms with Gasteiger partial charge in [-0.2, -0.15) is 11.8 Å². The first-order valence-electron chi connectivity index (χ1n) is 5.86. The molecule has 1 rings (SSSR count). The number of hydrogen-bond donors (Lipinski definition) is 2. The van der Waals surface area contributed by atoms with E-state index in [4.69, 9.17) is 5.11 Å². The van der Waals surface area contributed by atoms with E-state index in [0.29, 0.717) is 24.8 Å². The summed E-state index contributed by atoms with van der Waals surface area (Å²) in [5.74, 6) is -0.907. The molecule has 0 aromatic heterocycles. The number of urea groups is 1. The van der Waals surface area contributed by atoms with E-state index in [2.05, 4.69) is 12.2 Å². The predicted molar refractivity (Wildman–Crippen MR) is 68.4 cm³/mol. The fourth-order valence-corrected chi connectivity index (χ4v) is 2.22. The fourth-order valence-electron chi connectivity index (χ4n) is 1.87. The molecule has 1 fully saturated rings. The summed E-state index contributed by atoms with van der Waals surface area (Å²) in [5.41, 5.74) is 0. The van der Waals surface area contributed by atoms with Gasteiger partial charge < -0.3 is 15.3 Å². The summed E-state index contributed by atoms with van der Waals surface area (Å²) >= 11 is 1.76. The van der Waals surface area contributed by atoms with Gasteiger partial charge in [-0.1, -0.05) is 6.92 Å². The lowest BCUT2D eigenvalue weighted by Crippen LogP contribution is -2.46. The van der Waals surface area contributed by atoms with Crippen LogP contribution >= 0.6 is 11.8 Å². The molecule has 98 valence electrons. The molecule has 0 bridgehead atoms. The van der Waals surface area contributed by atoms with Gasteiger partial charge in [0.25, 0.3) is 0 Å². The molecular formula is C11H20N2O3S. The first-order valence-corrected chi connectivity index (χ1v) is 7.15. The van der Waals surface area contributed by atoms with E-state index < -0.39 is 12.0 Å². The number of aliphatic carboxylic acids is 1. The number of carboxylic acid groups (broad SMARTS) is 1. The summed E-state index contributed by atoms with van der Waals surface area (Å²) < 4.78 is 0. The summed E-state index contributed by atoms with van der Waals surface area (Å²) in [7, 11) is 0. The third-order valence-electron chi connectivity index (χ3n) is 3.03. The minimum absolute atomic E-state index is 0.247. The second kappa shape index (κ2) is 6.74. The Morgan fingerprint density at radius 1 is 1.59 bits per heavy atom. The summed E-state index contributed by atoms with van der Waals surface area (Å²) in [6.45, 7) is 3.25. The average molecular weight is 260 g/mol.